The third kappa shape index (κ3) is 1.59. The normalized spacial score (nSPS) is 21.3. The largest absolute Gasteiger partial charge is 0.461 e. The number of ether oxygens (including phenoxy) is 1. The molecule has 2 aromatic carbocycles. The molecule has 1 aromatic heterocycles. The molecule has 0 radical (unpaired) electrons. The fourth-order valence-electron chi connectivity index (χ4n) is 3.33. The molecule has 0 unspecified atom stereocenters. The molecule has 2 aliphatic rings. The van der Waals surface area contributed by atoms with Gasteiger partial charge in [-0.3, -0.25) is 4.98 Å². The predicted octanol–water partition coefficient (Wildman–Crippen LogP) is 4.00. The minimum Gasteiger partial charge on any atom is -0.461 e. The molecule has 3 nitrogen and oxygen atoms in total. The summed E-state index contributed by atoms with van der Waals surface area (Å²) in [6, 6.07) is 16.5. The van der Waals surface area contributed by atoms with Crippen LogP contribution in [0.3, 0.4) is 0 Å². The summed E-state index contributed by atoms with van der Waals surface area (Å²) in [4.78, 5) is 4.51. The second-order valence-electron chi connectivity index (χ2n) is 5.84. The Bertz CT molecular complexity index is 905. The van der Waals surface area contributed by atoms with E-state index in [1.165, 1.54) is 5.56 Å². The molecule has 2 aliphatic heterocycles. The van der Waals surface area contributed by atoms with Crippen LogP contribution in [0.4, 0.5) is 5.69 Å². The van der Waals surface area contributed by atoms with Crippen LogP contribution in [0.25, 0.3) is 17.0 Å². The van der Waals surface area contributed by atoms with Crippen LogP contribution in [-0.4, -0.2) is 10.7 Å². The molecule has 0 bridgehead atoms. The Kier molecular flexibility index (Phi) is 2.20. The summed E-state index contributed by atoms with van der Waals surface area (Å²) in [5.74, 6) is 0.862. The van der Waals surface area contributed by atoms with Crippen molar-refractivity contribution >= 4 is 22.7 Å². The molecule has 106 valence electrons. The van der Waals surface area contributed by atoms with Crippen LogP contribution in [0.1, 0.15) is 11.1 Å². The number of hydrogen-bond donors (Lipinski definition) is 1. The van der Waals surface area contributed by atoms with E-state index in [4.69, 9.17) is 4.74 Å². The number of rotatable bonds is 0. The second kappa shape index (κ2) is 4.10. The zero-order chi connectivity index (χ0) is 14.6. The molecule has 1 spiro atoms. The Morgan fingerprint density at radius 2 is 2.00 bits per heavy atom. The third-order valence-electron chi connectivity index (χ3n) is 4.39. The van der Waals surface area contributed by atoms with Gasteiger partial charge in [-0.25, -0.2) is 0 Å². The molecule has 0 amide bonds. The van der Waals surface area contributed by atoms with Crippen LogP contribution in [0.2, 0.25) is 0 Å². The standard InChI is InChI=1S/C19H14N2O/c1-2-6-16-15(4-1)12-19(21-16)10-9-14-8-7-13-5-3-11-20-17(13)18(14)22-19/h1-11,21H,12H2/t19-/m1/s1. The Morgan fingerprint density at radius 3 is 2.95 bits per heavy atom. The maximum Gasteiger partial charge on any atom is 0.204 e. The Balaban J connectivity index is 1.64. The molecule has 0 saturated carbocycles. The number of fused-ring (bicyclic) bond motifs is 4. The lowest BCUT2D eigenvalue weighted by Crippen LogP contribution is -2.42. The first-order valence-corrected chi connectivity index (χ1v) is 7.45. The summed E-state index contributed by atoms with van der Waals surface area (Å²) in [6.07, 6.45) is 6.88. The minimum atomic E-state index is -0.498. The zero-order valence-electron chi connectivity index (χ0n) is 11.9. The highest BCUT2D eigenvalue weighted by Gasteiger charge is 2.39. The Labute approximate surface area is 128 Å². The van der Waals surface area contributed by atoms with E-state index in [1.807, 2.05) is 18.3 Å². The topological polar surface area (TPSA) is 34.1 Å². The van der Waals surface area contributed by atoms with Gasteiger partial charge in [0.2, 0.25) is 5.72 Å². The fourth-order valence-corrected chi connectivity index (χ4v) is 3.33. The van der Waals surface area contributed by atoms with Crippen LogP contribution in [0.15, 0.2) is 60.8 Å². The van der Waals surface area contributed by atoms with Gasteiger partial charge in [0.25, 0.3) is 0 Å². The number of nitrogens with zero attached hydrogens (tertiary/aromatic N) is 1. The van der Waals surface area contributed by atoms with Crippen molar-refractivity contribution in [1.82, 2.24) is 4.98 Å². The van der Waals surface area contributed by atoms with Gasteiger partial charge in [-0.2, -0.15) is 0 Å². The van der Waals surface area contributed by atoms with Crippen molar-refractivity contribution in [2.24, 2.45) is 0 Å². The summed E-state index contributed by atoms with van der Waals surface area (Å²) < 4.78 is 6.42. The van der Waals surface area contributed by atoms with Crippen LogP contribution < -0.4 is 10.1 Å². The third-order valence-corrected chi connectivity index (χ3v) is 4.39. The highest BCUT2D eigenvalue weighted by Crippen LogP contribution is 2.41. The average molecular weight is 286 g/mol. The Morgan fingerprint density at radius 1 is 1.05 bits per heavy atom. The number of pyridine rings is 1. The van der Waals surface area contributed by atoms with Gasteiger partial charge < -0.3 is 10.1 Å². The van der Waals surface area contributed by atoms with E-state index in [-0.39, 0.29) is 0 Å². The van der Waals surface area contributed by atoms with Gasteiger partial charge in [0.05, 0.1) is 0 Å². The lowest BCUT2D eigenvalue weighted by Gasteiger charge is -2.32. The van der Waals surface area contributed by atoms with E-state index < -0.39 is 5.72 Å². The molecule has 22 heavy (non-hydrogen) atoms. The van der Waals surface area contributed by atoms with Crippen LogP contribution in [0.5, 0.6) is 5.75 Å². The molecular weight excluding hydrogens is 272 g/mol. The number of benzene rings is 2. The van der Waals surface area contributed by atoms with Crippen molar-refractivity contribution in [3.05, 3.63) is 71.9 Å². The van der Waals surface area contributed by atoms with E-state index >= 15 is 0 Å². The van der Waals surface area contributed by atoms with Crippen molar-refractivity contribution in [2.75, 3.05) is 5.32 Å². The SMILES string of the molecule is C1=C[C@]2(Cc3ccccc3N2)Oc2c1ccc1cccnc21. The number of nitrogens with one attached hydrogen (secondary N) is 1. The smallest absolute Gasteiger partial charge is 0.204 e. The highest BCUT2D eigenvalue weighted by molar-refractivity contribution is 5.89. The maximum atomic E-state index is 6.42. The monoisotopic (exact) mass is 286 g/mol. The van der Waals surface area contributed by atoms with Crippen molar-refractivity contribution in [1.29, 1.82) is 0 Å². The molecule has 0 fully saturated rings. The zero-order valence-corrected chi connectivity index (χ0v) is 11.9. The molecule has 5 rings (SSSR count). The van der Waals surface area contributed by atoms with E-state index in [9.17, 15) is 0 Å². The van der Waals surface area contributed by atoms with Gasteiger partial charge in [-0.15, -0.1) is 0 Å². The Hall–Kier alpha value is -2.81. The number of para-hydroxylation sites is 1. The second-order valence-corrected chi connectivity index (χ2v) is 5.84. The van der Waals surface area contributed by atoms with Crippen LogP contribution >= 0.6 is 0 Å². The van der Waals surface area contributed by atoms with Gasteiger partial charge in [0, 0.05) is 29.3 Å². The fraction of sp³-hybridized carbons (Fsp3) is 0.105. The van der Waals surface area contributed by atoms with E-state index in [0.717, 1.165) is 34.3 Å². The van der Waals surface area contributed by atoms with Crippen molar-refractivity contribution in [2.45, 2.75) is 12.1 Å². The number of hydrogen-bond acceptors (Lipinski definition) is 3. The van der Waals surface area contributed by atoms with Crippen LogP contribution in [-0.2, 0) is 6.42 Å². The van der Waals surface area contributed by atoms with Gasteiger partial charge in [0.1, 0.15) is 5.52 Å². The molecular formula is C19H14N2O. The van der Waals surface area contributed by atoms with E-state index in [0.29, 0.717) is 0 Å². The first-order chi connectivity index (χ1) is 10.8. The molecule has 1 N–H and O–H groups in total. The molecule has 3 aromatic rings. The molecule has 3 heteroatoms. The van der Waals surface area contributed by atoms with Crippen LogP contribution in [0, 0.1) is 0 Å². The van der Waals surface area contributed by atoms with Gasteiger partial charge in [-0.1, -0.05) is 36.4 Å². The average Bonchev–Trinajstić information content (AvgIpc) is 2.92. The summed E-state index contributed by atoms with van der Waals surface area (Å²) in [6.45, 7) is 0. The first kappa shape index (κ1) is 11.8. The minimum absolute atomic E-state index is 0.498. The molecule has 0 aliphatic carbocycles. The number of anilines is 1. The summed E-state index contributed by atoms with van der Waals surface area (Å²) in [5, 5.41) is 4.62. The van der Waals surface area contributed by atoms with Crippen molar-refractivity contribution in [3.8, 4) is 5.75 Å². The maximum absolute atomic E-state index is 6.42. The van der Waals surface area contributed by atoms with Crippen molar-refractivity contribution in [3.63, 3.8) is 0 Å². The molecule has 1 atom stereocenters. The lowest BCUT2D eigenvalue weighted by atomic mass is 10.0. The van der Waals surface area contributed by atoms with E-state index in [1.54, 1.807) is 0 Å². The van der Waals surface area contributed by atoms with Gasteiger partial charge >= 0.3 is 0 Å². The molecule has 0 saturated heterocycles. The quantitative estimate of drug-likeness (QED) is 0.678. The highest BCUT2D eigenvalue weighted by atomic mass is 16.5. The summed E-state index contributed by atoms with van der Waals surface area (Å²) >= 11 is 0. The predicted molar refractivity (Wildman–Crippen MR) is 87.9 cm³/mol. The molecule has 3 heterocycles. The summed E-state index contributed by atoms with van der Waals surface area (Å²) in [7, 11) is 0. The number of aromatic nitrogens is 1. The van der Waals surface area contributed by atoms with Gasteiger partial charge in [-0.05, 0) is 29.8 Å². The summed E-state index contributed by atoms with van der Waals surface area (Å²) in [5.41, 5.74) is 3.92. The first-order valence-electron chi connectivity index (χ1n) is 7.45. The van der Waals surface area contributed by atoms with E-state index in [2.05, 4.69) is 58.9 Å². The lowest BCUT2D eigenvalue weighted by molar-refractivity contribution is 0.158. The van der Waals surface area contributed by atoms with Crippen molar-refractivity contribution < 1.29 is 4.74 Å². The van der Waals surface area contributed by atoms with Gasteiger partial charge in [0.15, 0.2) is 5.75 Å².